The molecule has 2 amide bonds. The Hall–Kier alpha value is -2.69. The monoisotopic (exact) mass is 342 g/mol. The van der Waals surface area contributed by atoms with E-state index in [-0.39, 0.29) is 6.03 Å². The fraction of sp³-hybridized carbons (Fsp3) is 0.350. The van der Waals surface area contributed by atoms with E-state index in [0.717, 1.165) is 12.0 Å². The van der Waals surface area contributed by atoms with Crippen molar-refractivity contribution in [3.05, 3.63) is 59.2 Å². The molecule has 2 rings (SSSR count). The average Bonchev–Trinajstić information content (AvgIpc) is 2.63. The van der Waals surface area contributed by atoms with Crippen LogP contribution in [0.5, 0.6) is 11.5 Å². The van der Waals surface area contributed by atoms with Crippen molar-refractivity contribution < 1.29 is 14.3 Å². The summed E-state index contributed by atoms with van der Waals surface area (Å²) in [5.41, 5.74) is 3.43. The molecule has 0 aliphatic heterocycles. The molecule has 0 fully saturated rings. The third-order valence-electron chi connectivity index (χ3n) is 4.02. The van der Waals surface area contributed by atoms with E-state index in [4.69, 9.17) is 9.47 Å². The highest BCUT2D eigenvalue weighted by molar-refractivity contribution is 5.73. The standard InChI is InChI=1S/C20H26N2O3/c1-15-5-7-16(8-6-15)11-12-21-20(23)22(2)14-17-9-10-18(24-3)19(13-17)25-4/h5-10,13H,11-12,14H2,1-4H3,(H,21,23). The molecule has 134 valence electrons. The second-order valence-electron chi connectivity index (χ2n) is 6.01. The average molecular weight is 342 g/mol. The Labute approximate surface area is 149 Å². The van der Waals surface area contributed by atoms with Crippen LogP contribution >= 0.6 is 0 Å². The van der Waals surface area contributed by atoms with Gasteiger partial charge in [0, 0.05) is 20.1 Å². The van der Waals surface area contributed by atoms with Crippen molar-refractivity contribution in [2.24, 2.45) is 0 Å². The summed E-state index contributed by atoms with van der Waals surface area (Å²) >= 11 is 0. The molecule has 5 nitrogen and oxygen atoms in total. The van der Waals surface area contributed by atoms with Crippen molar-refractivity contribution in [3.63, 3.8) is 0 Å². The van der Waals surface area contributed by atoms with Crippen molar-refractivity contribution in [2.75, 3.05) is 27.8 Å². The van der Waals surface area contributed by atoms with Crippen LogP contribution in [-0.2, 0) is 13.0 Å². The Kier molecular flexibility index (Phi) is 6.69. The number of amides is 2. The van der Waals surface area contributed by atoms with Crippen molar-refractivity contribution >= 4 is 6.03 Å². The van der Waals surface area contributed by atoms with Crippen LogP contribution in [0.1, 0.15) is 16.7 Å². The van der Waals surface area contributed by atoms with Crippen LogP contribution < -0.4 is 14.8 Å². The van der Waals surface area contributed by atoms with E-state index >= 15 is 0 Å². The summed E-state index contributed by atoms with van der Waals surface area (Å²) in [7, 11) is 4.98. The fourth-order valence-corrected chi connectivity index (χ4v) is 2.53. The minimum atomic E-state index is -0.0955. The molecule has 0 heterocycles. The number of carbonyl (C=O) groups is 1. The predicted molar refractivity (Wildman–Crippen MR) is 99.3 cm³/mol. The first kappa shape index (κ1) is 18.6. The Morgan fingerprint density at radius 2 is 1.64 bits per heavy atom. The molecule has 0 spiro atoms. The lowest BCUT2D eigenvalue weighted by molar-refractivity contribution is 0.207. The van der Waals surface area contributed by atoms with Gasteiger partial charge in [0.25, 0.3) is 0 Å². The maximum atomic E-state index is 12.2. The van der Waals surface area contributed by atoms with E-state index in [0.29, 0.717) is 24.6 Å². The van der Waals surface area contributed by atoms with Crippen LogP contribution in [0.15, 0.2) is 42.5 Å². The largest absolute Gasteiger partial charge is 0.493 e. The molecule has 0 saturated heterocycles. The Bertz CT molecular complexity index is 699. The third-order valence-corrected chi connectivity index (χ3v) is 4.02. The first-order valence-electron chi connectivity index (χ1n) is 8.29. The van der Waals surface area contributed by atoms with Gasteiger partial charge in [-0.2, -0.15) is 0 Å². The van der Waals surface area contributed by atoms with Crippen LogP contribution in [-0.4, -0.2) is 38.7 Å². The molecule has 0 radical (unpaired) electrons. The van der Waals surface area contributed by atoms with Crippen molar-refractivity contribution in [1.82, 2.24) is 10.2 Å². The molecular weight excluding hydrogens is 316 g/mol. The van der Waals surface area contributed by atoms with E-state index in [1.165, 1.54) is 11.1 Å². The van der Waals surface area contributed by atoms with Crippen LogP contribution in [0.25, 0.3) is 0 Å². The Morgan fingerprint density at radius 3 is 2.28 bits per heavy atom. The van der Waals surface area contributed by atoms with Gasteiger partial charge in [0.2, 0.25) is 0 Å². The number of methoxy groups -OCH3 is 2. The highest BCUT2D eigenvalue weighted by Gasteiger charge is 2.11. The van der Waals surface area contributed by atoms with E-state index in [1.807, 2.05) is 18.2 Å². The molecular formula is C20H26N2O3. The van der Waals surface area contributed by atoms with Crippen molar-refractivity contribution in [2.45, 2.75) is 19.9 Å². The first-order chi connectivity index (χ1) is 12.0. The van der Waals surface area contributed by atoms with Gasteiger partial charge in [0.05, 0.1) is 14.2 Å². The number of aryl methyl sites for hydroxylation is 1. The number of nitrogens with zero attached hydrogens (tertiary/aromatic N) is 1. The third kappa shape index (κ3) is 5.41. The van der Waals surface area contributed by atoms with Crippen molar-refractivity contribution in [3.8, 4) is 11.5 Å². The summed E-state index contributed by atoms with van der Waals surface area (Å²) in [6.07, 6.45) is 0.816. The minimum absolute atomic E-state index is 0.0955. The quantitative estimate of drug-likeness (QED) is 0.839. The molecule has 2 aromatic rings. The number of nitrogens with one attached hydrogen (secondary N) is 1. The van der Waals surface area contributed by atoms with Crippen LogP contribution in [0.3, 0.4) is 0 Å². The zero-order valence-electron chi connectivity index (χ0n) is 15.3. The fourth-order valence-electron chi connectivity index (χ4n) is 2.53. The predicted octanol–water partition coefficient (Wildman–Crippen LogP) is 3.40. The van der Waals surface area contributed by atoms with Crippen molar-refractivity contribution in [1.29, 1.82) is 0 Å². The summed E-state index contributed by atoms with van der Waals surface area (Å²) in [5.74, 6) is 1.34. The van der Waals surface area contributed by atoms with Gasteiger partial charge in [-0.15, -0.1) is 0 Å². The lowest BCUT2D eigenvalue weighted by Gasteiger charge is -2.19. The smallest absolute Gasteiger partial charge is 0.317 e. The number of benzene rings is 2. The lowest BCUT2D eigenvalue weighted by atomic mass is 10.1. The van der Waals surface area contributed by atoms with Gasteiger partial charge in [-0.1, -0.05) is 35.9 Å². The SMILES string of the molecule is COc1ccc(CN(C)C(=O)NCCc2ccc(C)cc2)cc1OC. The zero-order chi connectivity index (χ0) is 18.2. The zero-order valence-corrected chi connectivity index (χ0v) is 15.3. The molecule has 5 heteroatoms. The minimum Gasteiger partial charge on any atom is -0.493 e. The number of hydrogen-bond acceptors (Lipinski definition) is 3. The number of carbonyl (C=O) groups excluding carboxylic acids is 1. The first-order valence-corrected chi connectivity index (χ1v) is 8.29. The molecule has 0 atom stereocenters. The molecule has 2 aromatic carbocycles. The van der Waals surface area contributed by atoms with Gasteiger partial charge in [-0.25, -0.2) is 4.79 Å². The van der Waals surface area contributed by atoms with E-state index in [2.05, 4.69) is 36.5 Å². The van der Waals surface area contributed by atoms with Crippen LogP contribution in [0.2, 0.25) is 0 Å². The number of hydrogen-bond donors (Lipinski definition) is 1. The van der Waals surface area contributed by atoms with E-state index in [1.54, 1.807) is 26.2 Å². The molecule has 1 N–H and O–H groups in total. The number of ether oxygens (including phenoxy) is 2. The molecule has 0 bridgehead atoms. The van der Waals surface area contributed by atoms with Crippen LogP contribution in [0.4, 0.5) is 4.79 Å². The maximum absolute atomic E-state index is 12.2. The molecule has 0 saturated carbocycles. The van der Waals surface area contributed by atoms with Gasteiger partial charge in [-0.05, 0) is 36.6 Å². The molecule has 0 aliphatic carbocycles. The maximum Gasteiger partial charge on any atom is 0.317 e. The topological polar surface area (TPSA) is 50.8 Å². The summed E-state index contributed by atoms with van der Waals surface area (Å²) in [4.78, 5) is 13.9. The normalized spacial score (nSPS) is 10.2. The van der Waals surface area contributed by atoms with Gasteiger partial charge >= 0.3 is 6.03 Å². The second-order valence-corrected chi connectivity index (χ2v) is 6.01. The van der Waals surface area contributed by atoms with Gasteiger partial charge < -0.3 is 19.7 Å². The molecule has 25 heavy (non-hydrogen) atoms. The lowest BCUT2D eigenvalue weighted by Crippen LogP contribution is -2.37. The van der Waals surface area contributed by atoms with Crippen LogP contribution in [0, 0.1) is 6.92 Å². The summed E-state index contributed by atoms with van der Waals surface area (Å²) in [6, 6.07) is 13.9. The molecule has 0 aromatic heterocycles. The van der Waals surface area contributed by atoms with Gasteiger partial charge in [0.1, 0.15) is 0 Å². The Balaban J connectivity index is 1.84. The molecule has 0 aliphatic rings. The van der Waals surface area contributed by atoms with E-state index in [9.17, 15) is 4.79 Å². The summed E-state index contributed by atoms with van der Waals surface area (Å²) < 4.78 is 10.5. The second kappa shape index (κ2) is 8.97. The Morgan fingerprint density at radius 1 is 1.00 bits per heavy atom. The number of rotatable bonds is 7. The summed E-state index contributed by atoms with van der Waals surface area (Å²) in [6.45, 7) is 3.17. The van der Waals surface area contributed by atoms with E-state index < -0.39 is 0 Å². The highest BCUT2D eigenvalue weighted by Crippen LogP contribution is 2.27. The molecule has 0 unspecified atom stereocenters. The highest BCUT2D eigenvalue weighted by atomic mass is 16.5. The van der Waals surface area contributed by atoms with Gasteiger partial charge in [-0.3, -0.25) is 0 Å². The van der Waals surface area contributed by atoms with Gasteiger partial charge in [0.15, 0.2) is 11.5 Å². The summed E-state index contributed by atoms with van der Waals surface area (Å²) in [5, 5.41) is 2.95. The number of urea groups is 1.